The summed E-state index contributed by atoms with van der Waals surface area (Å²) in [4.78, 5) is 24.7. The average molecular weight is 403 g/mol. The molecule has 2 aromatic heterocycles. The van der Waals surface area contributed by atoms with E-state index in [0.29, 0.717) is 6.04 Å². The quantitative estimate of drug-likeness (QED) is 0.739. The number of aromatic nitrogens is 1. The van der Waals surface area contributed by atoms with Gasteiger partial charge in [-0.1, -0.05) is 19.3 Å². The lowest BCUT2D eigenvalue weighted by molar-refractivity contribution is -0.124. The summed E-state index contributed by atoms with van der Waals surface area (Å²) >= 11 is 1.58. The summed E-state index contributed by atoms with van der Waals surface area (Å²) in [7, 11) is 0. The summed E-state index contributed by atoms with van der Waals surface area (Å²) in [5, 5.41) is 2.83. The molecular weight excluding hydrogens is 372 g/mol. The Hall–Kier alpha value is -1.70. The summed E-state index contributed by atoms with van der Waals surface area (Å²) in [6, 6.07) is 4.14. The Bertz CT molecular complexity index is 720. The van der Waals surface area contributed by atoms with Crippen molar-refractivity contribution in [3.8, 4) is 0 Å². The third kappa shape index (κ3) is 4.47. The van der Waals surface area contributed by atoms with Gasteiger partial charge in [0.1, 0.15) is 5.76 Å². The number of thiazole rings is 1. The number of carbonyl (C=O) groups is 1. The largest absolute Gasteiger partial charge is 0.468 e. The molecule has 0 N–H and O–H groups in total. The van der Waals surface area contributed by atoms with Crippen LogP contribution in [0.4, 0.5) is 5.13 Å². The second-order valence-corrected chi connectivity index (χ2v) is 8.76. The third-order valence-electron chi connectivity index (χ3n) is 6.07. The van der Waals surface area contributed by atoms with Crippen LogP contribution in [0.2, 0.25) is 0 Å². The number of rotatable bonds is 6. The first kappa shape index (κ1) is 19.6. The fourth-order valence-corrected chi connectivity index (χ4v) is 5.11. The molecule has 1 aliphatic carbocycles. The Labute approximate surface area is 171 Å². The minimum Gasteiger partial charge on any atom is -0.468 e. The Morgan fingerprint density at radius 3 is 2.71 bits per heavy atom. The highest BCUT2D eigenvalue weighted by atomic mass is 32.1. The van der Waals surface area contributed by atoms with E-state index in [-0.39, 0.29) is 11.9 Å². The first-order chi connectivity index (χ1) is 13.7. The van der Waals surface area contributed by atoms with Crippen LogP contribution in [0, 0.1) is 0 Å². The number of amides is 1. The van der Waals surface area contributed by atoms with Crippen LogP contribution in [0.15, 0.2) is 34.4 Å². The number of hydrogen-bond acceptors (Lipinski definition) is 6. The predicted molar refractivity (Wildman–Crippen MR) is 111 cm³/mol. The molecular formula is C21H30N4O2S. The van der Waals surface area contributed by atoms with E-state index < -0.39 is 0 Å². The monoisotopic (exact) mass is 402 g/mol. The van der Waals surface area contributed by atoms with Crippen LogP contribution in [0.1, 0.15) is 44.8 Å². The van der Waals surface area contributed by atoms with E-state index in [1.807, 2.05) is 22.4 Å². The molecule has 28 heavy (non-hydrogen) atoms. The van der Waals surface area contributed by atoms with Crippen molar-refractivity contribution in [3.63, 3.8) is 0 Å². The summed E-state index contributed by atoms with van der Waals surface area (Å²) in [6.45, 7) is 6.64. The maximum atomic E-state index is 13.5. The summed E-state index contributed by atoms with van der Waals surface area (Å²) < 4.78 is 5.47. The van der Waals surface area contributed by atoms with Gasteiger partial charge in [0.15, 0.2) is 5.13 Å². The maximum absolute atomic E-state index is 13.5. The highest BCUT2D eigenvalue weighted by Crippen LogP contribution is 2.30. The normalized spacial score (nSPS) is 20.9. The second kappa shape index (κ2) is 9.20. The van der Waals surface area contributed by atoms with Gasteiger partial charge in [0.05, 0.1) is 18.8 Å². The average Bonchev–Trinajstić information content (AvgIpc) is 3.44. The highest BCUT2D eigenvalue weighted by Gasteiger charge is 2.34. The van der Waals surface area contributed by atoms with Gasteiger partial charge >= 0.3 is 0 Å². The van der Waals surface area contributed by atoms with E-state index in [9.17, 15) is 4.79 Å². The van der Waals surface area contributed by atoms with Gasteiger partial charge in [-0.3, -0.25) is 19.5 Å². The SMILES string of the molecule is CC(C(=O)N(c1nccs1)C1CCCCC1)N1CCN(Cc2ccco2)CC1. The lowest BCUT2D eigenvalue weighted by Gasteiger charge is -2.40. The van der Waals surface area contributed by atoms with Gasteiger partial charge in [0, 0.05) is 43.8 Å². The van der Waals surface area contributed by atoms with Crippen molar-refractivity contribution < 1.29 is 9.21 Å². The Morgan fingerprint density at radius 1 is 1.29 bits per heavy atom. The summed E-state index contributed by atoms with van der Waals surface area (Å²) in [6.07, 6.45) is 9.42. The van der Waals surface area contributed by atoms with E-state index in [1.54, 1.807) is 23.8 Å². The second-order valence-electron chi connectivity index (χ2n) is 7.88. The smallest absolute Gasteiger partial charge is 0.246 e. The minimum atomic E-state index is -0.114. The molecule has 1 atom stereocenters. The van der Waals surface area contributed by atoms with E-state index in [1.165, 1.54) is 19.3 Å². The van der Waals surface area contributed by atoms with Crippen LogP contribution in [-0.4, -0.2) is 59.0 Å². The van der Waals surface area contributed by atoms with E-state index in [0.717, 1.165) is 56.5 Å². The Balaban J connectivity index is 1.38. The van der Waals surface area contributed by atoms with Crippen LogP contribution >= 0.6 is 11.3 Å². The molecule has 2 aromatic rings. The standard InChI is InChI=1S/C21H30N4O2S/c1-17(24-12-10-23(11-13-24)16-19-8-5-14-27-19)20(26)25(21-22-9-15-28-21)18-6-3-2-4-7-18/h5,8-9,14-15,17-18H,2-4,6-7,10-13,16H2,1H3. The van der Waals surface area contributed by atoms with Crippen LogP contribution in [-0.2, 0) is 11.3 Å². The summed E-state index contributed by atoms with van der Waals surface area (Å²) in [5.41, 5.74) is 0. The molecule has 2 aliphatic rings. The van der Waals surface area contributed by atoms with E-state index >= 15 is 0 Å². The van der Waals surface area contributed by atoms with Crippen molar-refractivity contribution in [3.05, 3.63) is 35.7 Å². The van der Waals surface area contributed by atoms with Gasteiger partial charge in [-0.15, -0.1) is 11.3 Å². The topological polar surface area (TPSA) is 52.8 Å². The van der Waals surface area contributed by atoms with Crippen LogP contribution in [0.3, 0.4) is 0 Å². The molecule has 0 radical (unpaired) electrons. The number of anilines is 1. The van der Waals surface area contributed by atoms with E-state index in [4.69, 9.17) is 4.42 Å². The molecule has 1 saturated heterocycles. The molecule has 0 aromatic carbocycles. The van der Waals surface area contributed by atoms with Crippen LogP contribution in [0.25, 0.3) is 0 Å². The predicted octanol–water partition coefficient (Wildman–Crippen LogP) is 3.61. The van der Waals surface area contributed by atoms with Gasteiger partial charge < -0.3 is 4.42 Å². The van der Waals surface area contributed by atoms with Gasteiger partial charge in [0.25, 0.3) is 0 Å². The molecule has 6 nitrogen and oxygen atoms in total. The zero-order valence-electron chi connectivity index (χ0n) is 16.6. The van der Waals surface area contributed by atoms with Crippen LogP contribution < -0.4 is 4.90 Å². The van der Waals surface area contributed by atoms with Crippen molar-refractivity contribution in [1.82, 2.24) is 14.8 Å². The van der Waals surface area contributed by atoms with Crippen molar-refractivity contribution in [1.29, 1.82) is 0 Å². The number of carbonyl (C=O) groups excluding carboxylic acids is 1. The zero-order chi connectivity index (χ0) is 19.3. The maximum Gasteiger partial charge on any atom is 0.246 e. The zero-order valence-corrected chi connectivity index (χ0v) is 17.4. The highest BCUT2D eigenvalue weighted by molar-refractivity contribution is 7.13. The van der Waals surface area contributed by atoms with Gasteiger partial charge in [-0.2, -0.15) is 0 Å². The molecule has 1 aliphatic heterocycles. The molecule has 7 heteroatoms. The number of nitrogens with zero attached hydrogens (tertiary/aromatic N) is 4. The molecule has 3 heterocycles. The summed E-state index contributed by atoms with van der Waals surface area (Å²) in [5.74, 6) is 1.21. The van der Waals surface area contributed by atoms with Gasteiger partial charge in [-0.25, -0.2) is 4.98 Å². The van der Waals surface area contributed by atoms with Crippen molar-refractivity contribution >= 4 is 22.4 Å². The van der Waals surface area contributed by atoms with Crippen molar-refractivity contribution in [2.75, 3.05) is 31.1 Å². The molecule has 1 saturated carbocycles. The molecule has 2 fully saturated rings. The molecule has 0 spiro atoms. The number of furan rings is 1. The third-order valence-corrected chi connectivity index (χ3v) is 6.84. The van der Waals surface area contributed by atoms with E-state index in [2.05, 4.69) is 21.7 Å². The first-order valence-corrected chi connectivity index (χ1v) is 11.3. The molecule has 1 amide bonds. The van der Waals surface area contributed by atoms with Gasteiger partial charge in [-0.05, 0) is 31.9 Å². The molecule has 1 unspecified atom stereocenters. The molecule has 0 bridgehead atoms. The lowest BCUT2D eigenvalue weighted by atomic mass is 9.94. The number of piperazine rings is 1. The van der Waals surface area contributed by atoms with Gasteiger partial charge in [0.2, 0.25) is 5.91 Å². The fraction of sp³-hybridized carbons (Fsp3) is 0.619. The number of hydrogen-bond donors (Lipinski definition) is 0. The lowest BCUT2D eigenvalue weighted by Crippen LogP contribution is -2.56. The fourth-order valence-electron chi connectivity index (χ4n) is 4.39. The molecule has 4 rings (SSSR count). The molecule has 152 valence electrons. The Morgan fingerprint density at radius 2 is 2.07 bits per heavy atom. The van der Waals surface area contributed by atoms with Crippen molar-refractivity contribution in [2.24, 2.45) is 0 Å². The van der Waals surface area contributed by atoms with Crippen molar-refractivity contribution in [2.45, 2.75) is 57.7 Å². The van der Waals surface area contributed by atoms with Crippen LogP contribution in [0.5, 0.6) is 0 Å². The Kier molecular flexibility index (Phi) is 6.44. The minimum absolute atomic E-state index is 0.114. The first-order valence-electron chi connectivity index (χ1n) is 10.4.